The van der Waals surface area contributed by atoms with Gasteiger partial charge >= 0.3 is 0 Å². The van der Waals surface area contributed by atoms with E-state index < -0.39 is 0 Å². The molecule has 2 aromatic rings. The lowest BCUT2D eigenvalue weighted by Gasteiger charge is -2.47. The Morgan fingerprint density at radius 2 is 1.76 bits per heavy atom. The van der Waals surface area contributed by atoms with Gasteiger partial charge in [-0.15, -0.1) is 0 Å². The number of nitrogens with one attached hydrogen (secondary N) is 1. The summed E-state index contributed by atoms with van der Waals surface area (Å²) in [5.41, 5.74) is 1.87. The van der Waals surface area contributed by atoms with Gasteiger partial charge < -0.3 is 10.2 Å². The first-order chi connectivity index (χ1) is 18.5. The number of carbonyl (C=O) groups is 1. The monoisotopic (exact) mass is 559 g/mol. The van der Waals surface area contributed by atoms with Crippen molar-refractivity contribution in [3.63, 3.8) is 0 Å². The third-order valence-electron chi connectivity index (χ3n) is 8.68. The van der Waals surface area contributed by atoms with Crippen molar-refractivity contribution in [2.24, 2.45) is 5.92 Å². The first kappa shape index (κ1) is 27.7. The second-order valence-corrected chi connectivity index (χ2v) is 12.3. The average Bonchev–Trinajstić information content (AvgIpc) is 2.94. The van der Waals surface area contributed by atoms with Gasteiger partial charge in [0.25, 0.3) is 5.91 Å². The van der Waals surface area contributed by atoms with E-state index in [1.165, 1.54) is 50.5 Å². The molecule has 0 radical (unpaired) electrons. The number of anilines is 1. The highest BCUT2D eigenvalue weighted by Gasteiger charge is 2.32. The number of likely N-dealkylation sites (tertiary alicyclic amines) is 1. The topological polar surface area (TPSA) is 51.7 Å². The molecule has 6 nitrogen and oxygen atoms in total. The van der Waals surface area contributed by atoms with Gasteiger partial charge in [0, 0.05) is 57.5 Å². The fourth-order valence-electron chi connectivity index (χ4n) is 6.48. The number of carbonyl (C=O) groups excluding carboxylic acids is 1. The first-order valence-electron chi connectivity index (χ1n) is 14.4. The molecule has 1 aromatic heterocycles. The first-order valence-corrected chi connectivity index (χ1v) is 15.1. The molecule has 1 amide bonds. The number of piperazine rings is 1. The number of hydrogen-bond donors (Lipinski definition) is 1. The fraction of sp³-hybridized carbons (Fsp3) is 0.600. The van der Waals surface area contributed by atoms with E-state index in [0.29, 0.717) is 28.6 Å². The molecule has 38 heavy (non-hydrogen) atoms. The molecule has 5 rings (SSSR count). The Labute approximate surface area is 239 Å². The number of amides is 1. The van der Waals surface area contributed by atoms with Gasteiger partial charge in [0.15, 0.2) is 0 Å². The lowest BCUT2D eigenvalue weighted by atomic mass is 9.89. The highest BCUT2D eigenvalue weighted by molar-refractivity contribution is 6.33. The van der Waals surface area contributed by atoms with E-state index in [0.717, 1.165) is 56.7 Å². The minimum atomic E-state index is -0.0721. The molecule has 1 aromatic carbocycles. The number of pyridine rings is 1. The number of rotatable bonds is 7. The van der Waals surface area contributed by atoms with Crippen LogP contribution in [0, 0.1) is 5.92 Å². The summed E-state index contributed by atoms with van der Waals surface area (Å²) >= 11 is 12.7. The summed E-state index contributed by atoms with van der Waals surface area (Å²) in [4.78, 5) is 24.9. The predicted molar refractivity (Wildman–Crippen MR) is 158 cm³/mol. The number of halogens is 2. The maximum absolute atomic E-state index is 12.7. The summed E-state index contributed by atoms with van der Waals surface area (Å²) < 4.78 is 0. The van der Waals surface area contributed by atoms with Crippen molar-refractivity contribution in [2.75, 3.05) is 44.2 Å². The van der Waals surface area contributed by atoms with E-state index in [4.69, 9.17) is 23.2 Å². The lowest BCUT2D eigenvalue weighted by molar-refractivity contribution is 0.0690. The van der Waals surface area contributed by atoms with E-state index >= 15 is 0 Å². The van der Waals surface area contributed by atoms with E-state index in [2.05, 4.69) is 44.1 Å². The minimum Gasteiger partial charge on any atom is -0.353 e. The third-order valence-corrected chi connectivity index (χ3v) is 9.21. The van der Waals surface area contributed by atoms with E-state index in [9.17, 15) is 4.79 Å². The van der Waals surface area contributed by atoms with Crippen LogP contribution in [-0.4, -0.2) is 72.0 Å². The summed E-state index contributed by atoms with van der Waals surface area (Å²) in [6, 6.07) is 11.0. The highest BCUT2D eigenvalue weighted by atomic mass is 35.5. The Balaban J connectivity index is 0.00000353. The van der Waals surface area contributed by atoms with Crippen LogP contribution in [0.4, 0.5) is 5.82 Å². The van der Waals surface area contributed by atoms with Gasteiger partial charge in [0.1, 0.15) is 5.82 Å². The molecule has 3 fully saturated rings. The fourth-order valence-corrected chi connectivity index (χ4v) is 6.89. The van der Waals surface area contributed by atoms with Gasteiger partial charge in [0.2, 0.25) is 0 Å². The van der Waals surface area contributed by atoms with Crippen molar-refractivity contribution in [3.8, 4) is 0 Å². The van der Waals surface area contributed by atoms with Crippen LogP contribution < -0.4 is 10.2 Å². The standard InChI is InChI=1S/C30H41Cl2N5O.H2/c1-22-20-36(29-28(32)17-25(19-33-29)30(38)34-18-23-5-3-2-4-6-23)15-16-37(22)27-11-13-35(14-12-27)21-24-7-9-26(31)10-8-24;/h7-10,17,19,22-23,27H,2-6,11-16,18,20-21H2,1H3,(H,34,38);1H/t22-;/m1./s1. The Bertz CT molecular complexity index is 1070. The molecule has 0 spiro atoms. The summed E-state index contributed by atoms with van der Waals surface area (Å²) in [5, 5.41) is 4.45. The molecule has 2 aliphatic heterocycles. The second-order valence-electron chi connectivity index (χ2n) is 11.4. The molecule has 3 aliphatic rings. The van der Waals surface area contributed by atoms with E-state index in [-0.39, 0.29) is 7.33 Å². The zero-order chi connectivity index (χ0) is 26.5. The number of piperidine rings is 1. The maximum Gasteiger partial charge on any atom is 0.252 e. The second kappa shape index (κ2) is 13.0. The average molecular weight is 561 g/mol. The summed E-state index contributed by atoms with van der Waals surface area (Å²) in [7, 11) is 0. The molecule has 1 N–H and O–H groups in total. The predicted octanol–water partition coefficient (Wildman–Crippen LogP) is 6.12. The maximum atomic E-state index is 12.7. The van der Waals surface area contributed by atoms with E-state index in [1.807, 2.05) is 12.1 Å². The van der Waals surface area contributed by atoms with Gasteiger partial charge in [0.05, 0.1) is 10.6 Å². The molecule has 2 saturated heterocycles. The Morgan fingerprint density at radius 3 is 2.45 bits per heavy atom. The third kappa shape index (κ3) is 7.01. The Morgan fingerprint density at radius 1 is 1.03 bits per heavy atom. The molecule has 0 unspecified atom stereocenters. The molecule has 1 saturated carbocycles. The van der Waals surface area contributed by atoms with Gasteiger partial charge in [-0.05, 0) is 75.4 Å². The van der Waals surface area contributed by atoms with Crippen LogP contribution in [0.2, 0.25) is 10.0 Å². The van der Waals surface area contributed by atoms with Crippen LogP contribution in [0.3, 0.4) is 0 Å². The molecular formula is C30H43Cl2N5O. The summed E-state index contributed by atoms with van der Waals surface area (Å²) in [5.74, 6) is 1.32. The number of nitrogens with zero attached hydrogens (tertiary/aromatic N) is 4. The number of hydrogen-bond acceptors (Lipinski definition) is 5. The SMILES string of the molecule is C[C@@H]1CN(c2ncc(C(=O)NCC3CCCCC3)cc2Cl)CCN1C1CCN(Cc2ccc(Cl)cc2)CC1.[HH]. The van der Waals surface area contributed by atoms with Crippen molar-refractivity contribution >= 4 is 34.9 Å². The lowest BCUT2D eigenvalue weighted by Crippen LogP contribution is -2.57. The van der Waals surface area contributed by atoms with Crippen molar-refractivity contribution in [1.82, 2.24) is 20.1 Å². The molecular weight excluding hydrogens is 517 g/mol. The minimum absolute atomic E-state index is 0. The summed E-state index contributed by atoms with van der Waals surface area (Å²) in [6.07, 6.45) is 10.4. The van der Waals surface area contributed by atoms with Crippen LogP contribution in [0.25, 0.3) is 0 Å². The molecule has 1 atom stereocenters. The van der Waals surface area contributed by atoms with Gasteiger partial charge in [-0.25, -0.2) is 4.98 Å². The molecule has 3 heterocycles. The normalized spacial score (nSPS) is 22.5. The number of benzene rings is 1. The van der Waals surface area contributed by atoms with Crippen molar-refractivity contribution in [1.29, 1.82) is 0 Å². The molecule has 0 bridgehead atoms. The Kier molecular flexibility index (Phi) is 9.47. The van der Waals surface area contributed by atoms with Gasteiger partial charge in [-0.3, -0.25) is 14.6 Å². The molecule has 1 aliphatic carbocycles. The van der Waals surface area contributed by atoms with E-state index in [1.54, 1.807) is 12.3 Å². The van der Waals surface area contributed by atoms with Crippen LogP contribution >= 0.6 is 23.2 Å². The van der Waals surface area contributed by atoms with Crippen molar-refractivity contribution in [2.45, 2.75) is 70.5 Å². The zero-order valence-corrected chi connectivity index (χ0v) is 24.1. The highest BCUT2D eigenvalue weighted by Crippen LogP contribution is 2.29. The zero-order valence-electron chi connectivity index (χ0n) is 22.5. The van der Waals surface area contributed by atoms with Crippen LogP contribution in [0.15, 0.2) is 36.5 Å². The van der Waals surface area contributed by atoms with Gasteiger partial charge in [-0.1, -0.05) is 54.6 Å². The summed E-state index contributed by atoms with van der Waals surface area (Å²) in [6.45, 7) is 9.09. The Hall–Kier alpha value is -1.86. The largest absolute Gasteiger partial charge is 0.353 e. The van der Waals surface area contributed by atoms with Crippen LogP contribution in [-0.2, 0) is 6.54 Å². The van der Waals surface area contributed by atoms with Gasteiger partial charge in [-0.2, -0.15) is 0 Å². The quantitative estimate of drug-likeness (QED) is 0.442. The molecule has 208 valence electrons. The smallest absolute Gasteiger partial charge is 0.252 e. The van der Waals surface area contributed by atoms with Crippen LogP contribution in [0.1, 0.15) is 69.2 Å². The van der Waals surface area contributed by atoms with Crippen LogP contribution in [0.5, 0.6) is 0 Å². The molecule has 8 heteroatoms. The van der Waals surface area contributed by atoms with Crippen molar-refractivity contribution in [3.05, 3.63) is 57.7 Å². The number of aromatic nitrogens is 1. The van der Waals surface area contributed by atoms with Crippen molar-refractivity contribution < 1.29 is 6.22 Å².